The van der Waals surface area contributed by atoms with Crippen LogP contribution in [0.5, 0.6) is 0 Å². The van der Waals surface area contributed by atoms with E-state index in [4.69, 9.17) is 4.42 Å². The zero-order chi connectivity index (χ0) is 13.1. The molecular formula is C15H22N2O2. The first-order valence-corrected chi connectivity index (χ1v) is 7.39. The second-order valence-electron chi connectivity index (χ2n) is 5.71. The molecule has 0 spiro atoms. The standard InChI is InChI=1S/C15H22N2O2/c18-15(5-4-11-6-8-16-10-11)17-13-2-1-3-14-12(13)7-9-19-14/h7,9,11,13,16H,1-6,8,10H2,(H,17,18). The molecule has 4 heteroatoms. The molecule has 0 aromatic carbocycles. The van der Waals surface area contributed by atoms with Gasteiger partial charge in [0.15, 0.2) is 0 Å². The number of aryl methyl sites for hydroxylation is 1. The van der Waals surface area contributed by atoms with E-state index in [1.54, 1.807) is 6.26 Å². The van der Waals surface area contributed by atoms with Crippen molar-refractivity contribution in [2.75, 3.05) is 13.1 Å². The fourth-order valence-electron chi connectivity index (χ4n) is 3.20. The van der Waals surface area contributed by atoms with Crippen LogP contribution >= 0.6 is 0 Å². The monoisotopic (exact) mass is 262 g/mol. The normalized spacial score (nSPS) is 26.1. The third-order valence-corrected chi connectivity index (χ3v) is 4.33. The minimum Gasteiger partial charge on any atom is -0.469 e. The Morgan fingerprint density at radius 3 is 3.26 bits per heavy atom. The van der Waals surface area contributed by atoms with E-state index < -0.39 is 0 Å². The van der Waals surface area contributed by atoms with Crippen LogP contribution in [0.2, 0.25) is 0 Å². The van der Waals surface area contributed by atoms with E-state index in [2.05, 4.69) is 10.6 Å². The Bertz CT molecular complexity index is 435. The number of carbonyl (C=O) groups excluding carboxylic acids is 1. The summed E-state index contributed by atoms with van der Waals surface area (Å²) in [6.45, 7) is 2.18. The van der Waals surface area contributed by atoms with Crippen LogP contribution in [0.4, 0.5) is 0 Å². The van der Waals surface area contributed by atoms with Gasteiger partial charge in [-0.2, -0.15) is 0 Å². The van der Waals surface area contributed by atoms with Gasteiger partial charge < -0.3 is 15.1 Å². The van der Waals surface area contributed by atoms with Crippen LogP contribution in [-0.2, 0) is 11.2 Å². The first kappa shape index (κ1) is 12.7. The maximum atomic E-state index is 12.0. The molecule has 2 aliphatic rings. The Hall–Kier alpha value is -1.29. The summed E-state index contributed by atoms with van der Waals surface area (Å²) in [7, 11) is 0. The van der Waals surface area contributed by atoms with Gasteiger partial charge in [0.2, 0.25) is 5.91 Å². The molecule has 1 fully saturated rings. The Balaban J connectivity index is 1.50. The first-order chi connectivity index (χ1) is 9.33. The van der Waals surface area contributed by atoms with Crippen LogP contribution in [0.1, 0.15) is 49.5 Å². The molecule has 0 bridgehead atoms. The highest BCUT2D eigenvalue weighted by molar-refractivity contribution is 5.76. The van der Waals surface area contributed by atoms with Crippen LogP contribution in [-0.4, -0.2) is 19.0 Å². The maximum Gasteiger partial charge on any atom is 0.220 e. The molecule has 1 aliphatic heterocycles. The van der Waals surface area contributed by atoms with Crippen LogP contribution in [0.15, 0.2) is 16.7 Å². The number of fused-ring (bicyclic) bond motifs is 1. The summed E-state index contributed by atoms with van der Waals surface area (Å²) in [6, 6.07) is 2.16. The van der Waals surface area contributed by atoms with Crippen molar-refractivity contribution < 1.29 is 9.21 Å². The number of amides is 1. The van der Waals surface area contributed by atoms with Gasteiger partial charge in [-0.15, -0.1) is 0 Å². The third-order valence-electron chi connectivity index (χ3n) is 4.33. The van der Waals surface area contributed by atoms with Gasteiger partial charge in [0.05, 0.1) is 12.3 Å². The van der Waals surface area contributed by atoms with Gasteiger partial charge in [-0.25, -0.2) is 0 Å². The quantitative estimate of drug-likeness (QED) is 0.874. The van der Waals surface area contributed by atoms with Gasteiger partial charge in [0.1, 0.15) is 5.76 Å². The maximum absolute atomic E-state index is 12.0. The van der Waals surface area contributed by atoms with Crippen LogP contribution < -0.4 is 10.6 Å². The van der Waals surface area contributed by atoms with Crippen LogP contribution in [0.3, 0.4) is 0 Å². The minimum absolute atomic E-state index is 0.164. The third kappa shape index (κ3) is 3.00. The number of nitrogens with one attached hydrogen (secondary N) is 2. The summed E-state index contributed by atoms with van der Waals surface area (Å²) in [5.41, 5.74) is 1.18. The van der Waals surface area contributed by atoms with Gasteiger partial charge in [-0.3, -0.25) is 4.79 Å². The van der Waals surface area contributed by atoms with Gasteiger partial charge >= 0.3 is 0 Å². The summed E-state index contributed by atoms with van der Waals surface area (Å²) >= 11 is 0. The molecule has 4 nitrogen and oxygen atoms in total. The van der Waals surface area contributed by atoms with E-state index in [0.717, 1.165) is 44.5 Å². The molecule has 2 N–H and O–H groups in total. The van der Waals surface area contributed by atoms with Crippen molar-refractivity contribution in [3.63, 3.8) is 0 Å². The average molecular weight is 262 g/mol. The molecule has 2 unspecified atom stereocenters. The lowest BCUT2D eigenvalue weighted by Crippen LogP contribution is -2.30. The number of carbonyl (C=O) groups is 1. The largest absolute Gasteiger partial charge is 0.469 e. The molecule has 2 atom stereocenters. The van der Waals surface area contributed by atoms with Crippen molar-refractivity contribution in [1.29, 1.82) is 0 Å². The lowest BCUT2D eigenvalue weighted by atomic mass is 9.93. The Morgan fingerprint density at radius 1 is 1.47 bits per heavy atom. The Kier molecular flexibility index (Phi) is 3.87. The summed E-state index contributed by atoms with van der Waals surface area (Å²) < 4.78 is 5.45. The molecule has 1 aliphatic carbocycles. The summed E-state index contributed by atoms with van der Waals surface area (Å²) in [4.78, 5) is 12.0. The highest BCUT2D eigenvalue weighted by atomic mass is 16.3. The molecule has 104 valence electrons. The molecule has 1 aromatic heterocycles. The smallest absolute Gasteiger partial charge is 0.220 e. The molecule has 0 radical (unpaired) electrons. The minimum atomic E-state index is 0.164. The molecule has 19 heavy (non-hydrogen) atoms. The molecular weight excluding hydrogens is 240 g/mol. The zero-order valence-electron chi connectivity index (χ0n) is 11.3. The summed E-state index contributed by atoms with van der Waals surface area (Å²) in [6.07, 6.45) is 7.73. The molecule has 1 saturated heterocycles. The van der Waals surface area contributed by atoms with E-state index in [1.165, 1.54) is 12.0 Å². The van der Waals surface area contributed by atoms with E-state index in [0.29, 0.717) is 12.3 Å². The number of hydrogen-bond acceptors (Lipinski definition) is 3. The van der Waals surface area contributed by atoms with E-state index in [-0.39, 0.29) is 11.9 Å². The summed E-state index contributed by atoms with van der Waals surface area (Å²) in [5.74, 6) is 1.92. The van der Waals surface area contributed by atoms with Gasteiger partial charge in [-0.05, 0) is 50.8 Å². The van der Waals surface area contributed by atoms with E-state index >= 15 is 0 Å². The summed E-state index contributed by atoms with van der Waals surface area (Å²) in [5, 5.41) is 6.51. The predicted molar refractivity (Wildman–Crippen MR) is 72.7 cm³/mol. The van der Waals surface area contributed by atoms with Crippen molar-refractivity contribution >= 4 is 5.91 Å². The zero-order valence-corrected chi connectivity index (χ0v) is 11.3. The van der Waals surface area contributed by atoms with Gasteiger partial charge in [0, 0.05) is 18.4 Å². The van der Waals surface area contributed by atoms with Gasteiger partial charge in [-0.1, -0.05) is 0 Å². The van der Waals surface area contributed by atoms with Crippen molar-refractivity contribution in [2.24, 2.45) is 5.92 Å². The Labute approximate surface area is 113 Å². The van der Waals surface area contributed by atoms with Crippen LogP contribution in [0.25, 0.3) is 0 Å². The van der Waals surface area contributed by atoms with Gasteiger partial charge in [0.25, 0.3) is 0 Å². The van der Waals surface area contributed by atoms with Crippen molar-refractivity contribution in [3.05, 3.63) is 23.7 Å². The number of hydrogen-bond donors (Lipinski definition) is 2. The van der Waals surface area contributed by atoms with Crippen molar-refractivity contribution in [3.8, 4) is 0 Å². The predicted octanol–water partition coefficient (Wildman–Crippen LogP) is 2.16. The molecule has 1 aromatic rings. The number of furan rings is 1. The highest BCUT2D eigenvalue weighted by Gasteiger charge is 2.24. The lowest BCUT2D eigenvalue weighted by molar-refractivity contribution is -0.122. The fourth-order valence-corrected chi connectivity index (χ4v) is 3.20. The molecule has 1 amide bonds. The lowest BCUT2D eigenvalue weighted by Gasteiger charge is -2.23. The van der Waals surface area contributed by atoms with E-state index in [9.17, 15) is 4.79 Å². The van der Waals surface area contributed by atoms with E-state index in [1.807, 2.05) is 6.07 Å². The SMILES string of the molecule is O=C(CCC1CCNC1)NC1CCCc2occc21. The second-order valence-corrected chi connectivity index (χ2v) is 5.71. The Morgan fingerprint density at radius 2 is 2.42 bits per heavy atom. The second kappa shape index (κ2) is 5.78. The van der Waals surface area contributed by atoms with Crippen LogP contribution in [0, 0.1) is 5.92 Å². The first-order valence-electron chi connectivity index (χ1n) is 7.39. The number of rotatable bonds is 4. The molecule has 2 heterocycles. The highest BCUT2D eigenvalue weighted by Crippen LogP contribution is 2.30. The molecule has 0 saturated carbocycles. The fraction of sp³-hybridized carbons (Fsp3) is 0.667. The topological polar surface area (TPSA) is 54.3 Å². The van der Waals surface area contributed by atoms with Crippen molar-refractivity contribution in [1.82, 2.24) is 10.6 Å². The molecule has 3 rings (SSSR count). The average Bonchev–Trinajstić information content (AvgIpc) is 3.08. The van der Waals surface area contributed by atoms with Crippen molar-refractivity contribution in [2.45, 2.75) is 44.6 Å².